The van der Waals surface area contributed by atoms with Crippen molar-refractivity contribution in [3.8, 4) is 0 Å². The van der Waals surface area contributed by atoms with Gasteiger partial charge in [0.2, 0.25) is 11.8 Å². The minimum absolute atomic E-state index is 0.0362. The van der Waals surface area contributed by atoms with Gasteiger partial charge in [0.05, 0.1) is 13.1 Å². The number of benzene rings is 1. The van der Waals surface area contributed by atoms with E-state index < -0.39 is 11.6 Å². The van der Waals surface area contributed by atoms with Crippen LogP contribution in [0.3, 0.4) is 0 Å². The molecule has 1 N–H and O–H groups in total. The van der Waals surface area contributed by atoms with Crippen LogP contribution in [0.2, 0.25) is 0 Å². The molecule has 1 aliphatic rings. The quantitative estimate of drug-likeness (QED) is 0.883. The average molecular weight is 325 g/mol. The normalized spacial score (nSPS) is 16.0. The van der Waals surface area contributed by atoms with Gasteiger partial charge in [-0.1, -0.05) is 0 Å². The molecule has 2 rings (SSSR count). The van der Waals surface area contributed by atoms with Gasteiger partial charge in [0.25, 0.3) is 0 Å². The molecule has 0 aliphatic carbocycles. The lowest BCUT2D eigenvalue weighted by molar-refractivity contribution is -0.137. The molecule has 23 heavy (non-hydrogen) atoms. The molecule has 0 spiro atoms. The topological polar surface area (TPSA) is 52.7 Å². The van der Waals surface area contributed by atoms with Gasteiger partial charge in [-0.15, -0.1) is 0 Å². The summed E-state index contributed by atoms with van der Waals surface area (Å²) in [6, 6.07) is 3.26. The highest BCUT2D eigenvalue weighted by Gasteiger charge is 2.26. The van der Waals surface area contributed by atoms with Gasteiger partial charge in [0.15, 0.2) is 0 Å². The summed E-state index contributed by atoms with van der Waals surface area (Å²) in [5, 5.41) is 2.77. The highest BCUT2D eigenvalue weighted by molar-refractivity contribution is 5.82. The minimum Gasteiger partial charge on any atom is -0.353 e. The molecule has 0 aromatic heterocycles. The van der Waals surface area contributed by atoms with Gasteiger partial charge in [-0.3, -0.25) is 14.5 Å². The smallest absolute Gasteiger partial charge is 0.237 e. The molecule has 7 heteroatoms. The second kappa shape index (κ2) is 7.50. The van der Waals surface area contributed by atoms with Crippen molar-refractivity contribution in [1.82, 2.24) is 15.1 Å². The van der Waals surface area contributed by atoms with Crippen LogP contribution >= 0.6 is 0 Å². The number of hydrogen-bond acceptors (Lipinski definition) is 3. The number of hydrogen-bond donors (Lipinski definition) is 1. The zero-order chi connectivity index (χ0) is 17.0. The monoisotopic (exact) mass is 325 g/mol. The summed E-state index contributed by atoms with van der Waals surface area (Å²) in [7, 11) is 0. The summed E-state index contributed by atoms with van der Waals surface area (Å²) >= 11 is 0. The molecule has 1 aromatic carbocycles. The number of halogens is 2. The summed E-state index contributed by atoms with van der Waals surface area (Å²) in [6.45, 7) is 4.93. The second-order valence-electron chi connectivity index (χ2n) is 5.98. The summed E-state index contributed by atoms with van der Waals surface area (Å²) < 4.78 is 26.8. The van der Waals surface area contributed by atoms with Crippen molar-refractivity contribution in [2.45, 2.75) is 26.4 Å². The van der Waals surface area contributed by atoms with Gasteiger partial charge in [0, 0.05) is 31.2 Å². The first-order valence-electron chi connectivity index (χ1n) is 7.58. The largest absolute Gasteiger partial charge is 0.353 e. The van der Waals surface area contributed by atoms with E-state index in [1.165, 1.54) is 4.90 Å². The van der Waals surface area contributed by atoms with Crippen LogP contribution in [-0.2, 0) is 16.1 Å². The first kappa shape index (κ1) is 17.3. The van der Waals surface area contributed by atoms with Crippen LogP contribution in [0.5, 0.6) is 0 Å². The van der Waals surface area contributed by atoms with Crippen molar-refractivity contribution < 1.29 is 18.4 Å². The van der Waals surface area contributed by atoms with E-state index in [1.807, 2.05) is 13.8 Å². The Kier molecular flexibility index (Phi) is 5.65. The Morgan fingerprint density at radius 1 is 1.30 bits per heavy atom. The van der Waals surface area contributed by atoms with E-state index in [0.717, 1.165) is 18.2 Å². The summed E-state index contributed by atoms with van der Waals surface area (Å²) in [5.74, 6) is -1.38. The van der Waals surface area contributed by atoms with Crippen LogP contribution in [0.1, 0.15) is 19.4 Å². The molecule has 1 saturated heterocycles. The first-order valence-corrected chi connectivity index (χ1v) is 7.58. The van der Waals surface area contributed by atoms with E-state index in [2.05, 4.69) is 5.32 Å². The van der Waals surface area contributed by atoms with Gasteiger partial charge >= 0.3 is 0 Å². The van der Waals surface area contributed by atoms with Gasteiger partial charge in [0.1, 0.15) is 11.6 Å². The Morgan fingerprint density at radius 2 is 2.04 bits per heavy atom. The summed E-state index contributed by atoms with van der Waals surface area (Å²) in [4.78, 5) is 27.1. The fraction of sp³-hybridized carbons (Fsp3) is 0.500. The van der Waals surface area contributed by atoms with Crippen molar-refractivity contribution in [3.63, 3.8) is 0 Å². The molecular formula is C16H21F2N3O2. The van der Waals surface area contributed by atoms with E-state index in [1.54, 1.807) is 4.90 Å². The molecule has 0 radical (unpaired) electrons. The Morgan fingerprint density at radius 3 is 2.70 bits per heavy atom. The number of rotatable bonds is 5. The van der Waals surface area contributed by atoms with E-state index in [9.17, 15) is 18.4 Å². The van der Waals surface area contributed by atoms with Crippen LogP contribution in [0.4, 0.5) is 8.78 Å². The number of amides is 2. The molecule has 1 aromatic rings. The molecule has 0 unspecified atom stereocenters. The fourth-order valence-electron chi connectivity index (χ4n) is 2.50. The molecule has 1 aliphatic heterocycles. The zero-order valence-electron chi connectivity index (χ0n) is 13.3. The standard InChI is InChI=1S/C16H21F2N3O2/c1-11(2)19-15(22)9-20-5-6-21(16(23)10-20)8-12-7-13(17)3-4-14(12)18/h3-4,7,11H,5-6,8-10H2,1-2H3,(H,19,22). The SMILES string of the molecule is CC(C)NC(=O)CN1CCN(Cc2cc(F)ccc2F)C(=O)C1. The van der Waals surface area contributed by atoms with E-state index >= 15 is 0 Å². The lowest BCUT2D eigenvalue weighted by Gasteiger charge is -2.34. The van der Waals surface area contributed by atoms with Crippen LogP contribution in [0, 0.1) is 11.6 Å². The van der Waals surface area contributed by atoms with Crippen molar-refractivity contribution >= 4 is 11.8 Å². The average Bonchev–Trinajstić information content (AvgIpc) is 2.44. The maximum Gasteiger partial charge on any atom is 0.237 e. The highest BCUT2D eigenvalue weighted by Crippen LogP contribution is 2.14. The third-order valence-electron chi connectivity index (χ3n) is 3.58. The van der Waals surface area contributed by atoms with E-state index in [0.29, 0.717) is 13.1 Å². The van der Waals surface area contributed by atoms with Crippen LogP contribution in [0.15, 0.2) is 18.2 Å². The molecule has 5 nitrogen and oxygen atoms in total. The number of carbonyl (C=O) groups is 2. The summed E-state index contributed by atoms with van der Waals surface area (Å²) in [6.07, 6.45) is 0. The molecule has 126 valence electrons. The Labute approximate surface area is 134 Å². The van der Waals surface area contributed by atoms with Crippen LogP contribution < -0.4 is 5.32 Å². The second-order valence-corrected chi connectivity index (χ2v) is 5.98. The Balaban J connectivity index is 1.90. The van der Waals surface area contributed by atoms with E-state index in [4.69, 9.17) is 0 Å². The molecular weight excluding hydrogens is 304 g/mol. The number of nitrogens with one attached hydrogen (secondary N) is 1. The molecule has 0 atom stereocenters. The van der Waals surface area contributed by atoms with Crippen LogP contribution in [-0.4, -0.2) is 53.8 Å². The maximum absolute atomic E-state index is 13.7. The predicted molar refractivity (Wildman–Crippen MR) is 81.5 cm³/mol. The summed E-state index contributed by atoms with van der Waals surface area (Å²) in [5.41, 5.74) is 0.157. The number of nitrogens with zero attached hydrogens (tertiary/aromatic N) is 2. The molecule has 2 amide bonds. The molecule has 1 heterocycles. The van der Waals surface area contributed by atoms with Gasteiger partial charge in [-0.2, -0.15) is 0 Å². The highest BCUT2D eigenvalue weighted by atomic mass is 19.1. The molecule has 0 saturated carbocycles. The lowest BCUT2D eigenvalue weighted by Crippen LogP contribution is -2.52. The molecule has 1 fully saturated rings. The number of piperazine rings is 1. The zero-order valence-corrected chi connectivity index (χ0v) is 13.3. The van der Waals surface area contributed by atoms with E-state index in [-0.39, 0.29) is 43.1 Å². The van der Waals surface area contributed by atoms with Crippen molar-refractivity contribution in [2.24, 2.45) is 0 Å². The predicted octanol–water partition coefficient (Wildman–Crippen LogP) is 1.13. The van der Waals surface area contributed by atoms with Crippen molar-refractivity contribution in [2.75, 3.05) is 26.2 Å². The Bertz CT molecular complexity index is 593. The maximum atomic E-state index is 13.7. The third-order valence-corrected chi connectivity index (χ3v) is 3.58. The van der Waals surface area contributed by atoms with Crippen molar-refractivity contribution in [3.05, 3.63) is 35.4 Å². The lowest BCUT2D eigenvalue weighted by atomic mass is 10.1. The molecule has 0 bridgehead atoms. The Hall–Kier alpha value is -2.02. The van der Waals surface area contributed by atoms with Gasteiger partial charge in [-0.05, 0) is 32.0 Å². The van der Waals surface area contributed by atoms with Crippen molar-refractivity contribution in [1.29, 1.82) is 0 Å². The number of carbonyl (C=O) groups excluding carboxylic acids is 2. The fourth-order valence-corrected chi connectivity index (χ4v) is 2.50. The van der Waals surface area contributed by atoms with Gasteiger partial charge < -0.3 is 10.2 Å². The minimum atomic E-state index is -0.530. The van der Waals surface area contributed by atoms with Gasteiger partial charge in [-0.25, -0.2) is 8.78 Å². The first-order chi connectivity index (χ1) is 10.8. The third kappa shape index (κ3) is 4.99. The van der Waals surface area contributed by atoms with Crippen LogP contribution in [0.25, 0.3) is 0 Å².